The maximum absolute atomic E-state index is 11.6. The van der Waals surface area contributed by atoms with Crippen LogP contribution in [-0.4, -0.2) is 36.8 Å². The van der Waals surface area contributed by atoms with E-state index >= 15 is 0 Å². The van der Waals surface area contributed by atoms with E-state index in [2.05, 4.69) is 26.6 Å². The van der Waals surface area contributed by atoms with Crippen molar-refractivity contribution in [3.63, 3.8) is 0 Å². The van der Waals surface area contributed by atoms with Crippen LogP contribution in [0.5, 0.6) is 0 Å². The summed E-state index contributed by atoms with van der Waals surface area (Å²) in [5.74, 6) is 0.0103. The van der Waals surface area contributed by atoms with E-state index in [1.54, 1.807) is 6.92 Å². The van der Waals surface area contributed by atoms with Crippen molar-refractivity contribution >= 4 is 21.8 Å². The molecule has 0 aliphatic carbocycles. The van der Waals surface area contributed by atoms with Gasteiger partial charge >= 0.3 is 0 Å². The highest BCUT2D eigenvalue weighted by Crippen LogP contribution is 2.10. The third-order valence-corrected chi connectivity index (χ3v) is 2.87. The molecule has 1 aromatic carbocycles. The van der Waals surface area contributed by atoms with Gasteiger partial charge in [0.2, 0.25) is 5.91 Å². The standard InChI is InChI=1S/C13H19BrN2O2/c1-10(17)9-15-6-7-16-13(18)8-11-2-4-12(14)5-3-11/h2-5,10,15,17H,6-9H2,1H3,(H,16,18). The Morgan fingerprint density at radius 3 is 2.61 bits per heavy atom. The monoisotopic (exact) mass is 314 g/mol. The molecule has 0 spiro atoms. The number of carbonyl (C=O) groups is 1. The molecule has 1 aromatic rings. The van der Waals surface area contributed by atoms with Crippen LogP contribution in [0.25, 0.3) is 0 Å². The zero-order valence-corrected chi connectivity index (χ0v) is 12.0. The SMILES string of the molecule is CC(O)CNCCNC(=O)Cc1ccc(Br)cc1. The summed E-state index contributed by atoms with van der Waals surface area (Å²) in [6.45, 7) is 3.50. The van der Waals surface area contributed by atoms with Crippen molar-refractivity contribution in [3.8, 4) is 0 Å². The van der Waals surface area contributed by atoms with Crippen molar-refractivity contribution in [3.05, 3.63) is 34.3 Å². The van der Waals surface area contributed by atoms with Gasteiger partial charge < -0.3 is 15.7 Å². The van der Waals surface area contributed by atoms with Crippen molar-refractivity contribution in [1.29, 1.82) is 0 Å². The first-order chi connectivity index (χ1) is 8.58. The zero-order valence-electron chi connectivity index (χ0n) is 10.4. The van der Waals surface area contributed by atoms with Crippen molar-refractivity contribution in [2.24, 2.45) is 0 Å². The molecule has 1 rings (SSSR count). The minimum Gasteiger partial charge on any atom is -0.392 e. The lowest BCUT2D eigenvalue weighted by Crippen LogP contribution is -2.35. The van der Waals surface area contributed by atoms with Crippen LogP contribution in [0.2, 0.25) is 0 Å². The Labute approximate surface area is 116 Å². The number of aliphatic hydroxyl groups is 1. The van der Waals surface area contributed by atoms with E-state index in [0.29, 0.717) is 26.1 Å². The quantitative estimate of drug-likeness (QED) is 0.660. The van der Waals surface area contributed by atoms with Gasteiger partial charge in [0.25, 0.3) is 0 Å². The molecule has 0 aliphatic rings. The third kappa shape index (κ3) is 6.74. The Morgan fingerprint density at radius 1 is 1.33 bits per heavy atom. The first-order valence-electron chi connectivity index (χ1n) is 5.98. The Morgan fingerprint density at radius 2 is 2.00 bits per heavy atom. The summed E-state index contributed by atoms with van der Waals surface area (Å²) in [6.07, 6.45) is 0.0346. The number of benzene rings is 1. The van der Waals surface area contributed by atoms with E-state index in [0.717, 1.165) is 10.0 Å². The molecule has 1 unspecified atom stereocenters. The normalized spacial score (nSPS) is 12.2. The van der Waals surface area contributed by atoms with Gasteiger partial charge in [0.15, 0.2) is 0 Å². The number of nitrogens with one attached hydrogen (secondary N) is 2. The van der Waals surface area contributed by atoms with Crippen molar-refractivity contribution in [2.45, 2.75) is 19.4 Å². The summed E-state index contributed by atoms with van der Waals surface area (Å²) in [4.78, 5) is 11.6. The Kier molecular flexibility index (Phi) is 6.93. The number of hydrogen-bond donors (Lipinski definition) is 3. The molecule has 0 heterocycles. The number of halogens is 1. The lowest BCUT2D eigenvalue weighted by Gasteiger charge is -2.08. The molecule has 0 radical (unpaired) electrons. The number of rotatable bonds is 7. The molecule has 100 valence electrons. The minimum absolute atomic E-state index is 0.0103. The highest BCUT2D eigenvalue weighted by molar-refractivity contribution is 9.10. The number of carbonyl (C=O) groups excluding carboxylic acids is 1. The second kappa shape index (κ2) is 8.24. The second-order valence-electron chi connectivity index (χ2n) is 4.21. The molecule has 1 atom stereocenters. The topological polar surface area (TPSA) is 61.4 Å². The maximum Gasteiger partial charge on any atom is 0.224 e. The minimum atomic E-state index is -0.358. The van der Waals surface area contributed by atoms with Gasteiger partial charge in [-0.3, -0.25) is 4.79 Å². The molecule has 18 heavy (non-hydrogen) atoms. The number of amides is 1. The molecule has 1 amide bonds. The fourth-order valence-corrected chi connectivity index (χ4v) is 1.72. The van der Waals surface area contributed by atoms with Crippen LogP contribution in [0.4, 0.5) is 0 Å². The Balaban J connectivity index is 2.16. The molecule has 3 N–H and O–H groups in total. The smallest absolute Gasteiger partial charge is 0.224 e. The van der Waals surface area contributed by atoms with E-state index in [1.165, 1.54) is 0 Å². The van der Waals surface area contributed by atoms with Gasteiger partial charge in [0.05, 0.1) is 12.5 Å². The molecule has 0 bridgehead atoms. The van der Waals surface area contributed by atoms with Gasteiger partial charge in [-0.25, -0.2) is 0 Å². The third-order valence-electron chi connectivity index (χ3n) is 2.34. The second-order valence-corrected chi connectivity index (χ2v) is 5.12. The van der Waals surface area contributed by atoms with Crippen LogP contribution in [-0.2, 0) is 11.2 Å². The van der Waals surface area contributed by atoms with Crippen LogP contribution < -0.4 is 10.6 Å². The molecular weight excluding hydrogens is 296 g/mol. The molecule has 0 fully saturated rings. The van der Waals surface area contributed by atoms with Gasteiger partial charge in [-0.2, -0.15) is 0 Å². The van der Waals surface area contributed by atoms with Gasteiger partial charge in [-0.05, 0) is 24.6 Å². The van der Waals surface area contributed by atoms with Crippen LogP contribution in [0.3, 0.4) is 0 Å². The fraction of sp³-hybridized carbons (Fsp3) is 0.462. The van der Waals surface area contributed by atoms with Gasteiger partial charge in [0.1, 0.15) is 0 Å². The van der Waals surface area contributed by atoms with Crippen LogP contribution >= 0.6 is 15.9 Å². The van der Waals surface area contributed by atoms with Gasteiger partial charge in [-0.15, -0.1) is 0 Å². The van der Waals surface area contributed by atoms with Crippen molar-refractivity contribution in [2.75, 3.05) is 19.6 Å². The summed E-state index contributed by atoms with van der Waals surface area (Å²) in [7, 11) is 0. The summed E-state index contributed by atoms with van der Waals surface area (Å²) in [5.41, 5.74) is 0.993. The molecule has 0 aromatic heterocycles. The van der Waals surface area contributed by atoms with E-state index in [4.69, 9.17) is 5.11 Å². The van der Waals surface area contributed by atoms with Crippen LogP contribution in [0.15, 0.2) is 28.7 Å². The molecule has 0 saturated carbocycles. The van der Waals surface area contributed by atoms with Crippen molar-refractivity contribution < 1.29 is 9.90 Å². The molecule has 5 heteroatoms. The van der Waals surface area contributed by atoms with E-state index in [1.807, 2.05) is 24.3 Å². The van der Waals surface area contributed by atoms with E-state index < -0.39 is 0 Å². The first-order valence-corrected chi connectivity index (χ1v) is 6.77. The van der Waals surface area contributed by atoms with Crippen LogP contribution in [0.1, 0.15) is 12.5 Å². The molecule has 0 aliphatic heterocycles. The highest BCUT2D eigenvalue weighted by Gasteiger charge is 2.02. The Bertz CT molecular complexity index is 366. The first kappa shape index (κ1) is 15.1. The lowest BCUT2D eigenvalue weighted by molar-refractivity contribution is -0.120. The van der Waals surface area contributed by atoms with Gasteiger partial charge in [-0.1, -0.05) is 28.1 Å². The molecule has 4 nitrogen and oxygen atoms in total. The maximum atomic E-state index is 11.6. The van der Waals surface area contributed by atoms with Crippen molar-refractivity contribution in [1.82, 2.24) is 10.6 Å². The summed E-state index contributed by atoms with van der Waals surface area (Å²) in [5, 5.41) is 14.9. The Hall–Kier alpha value is -0.910. The largest absolute Gasteiger partial charge is 0.392 e. The van der Waals surface area contributed by atoms with Gasteiger partial charge in [0, 0.05) is 24.1 Å². The predicted octanol–water partition coefficient (Wildman–Crippen LogP) is 1.08. The summed E-state index contributed by atoms with van der Waals surface area (Å²) in [6, 6.07) is 7.70. The van der Waals surface area contributed by atoms with Crippen LogP contribution in [0, 0.1) is 0 Å². The summed E-state index contributed by atoms with van der Waals surface area (Å²) < 4.78 is 1.01. The molecular formula is C13H19BrN2O2. The lowest BCUT2D eigenvalue weighted by atomic mass is 10.1. The number of hydrogen-bond acceptors (Lipinski definition) is 3. The van der Waals surface area contributed by atoms with E-state index in [9.17, 15) is 4.79 Å². The average Bonchev–Trinajstić information content (AvgIpc) is 2.31. The highest BCUT2D eigenvalue weighted by atomic mass is 79.9. The fourth-order valence-electron chi connectivity index (χ4n) is 1.45. The number of aliphatic hydroxyl groups excluding tert-OH is 1. The average molecular weight is 315 g/mol. The summed E-state index contributed by atoms with van der Waals surface area (Å²) >= 11 is 3.35. The predicted molar refractivity (Wildman–Crippen MR) is 75.4 cm³/mol. The zero-order chi connectivity index (χ0) is 13.4. The molecule has 0 saturated heterocycles. The van der Waals surface area contributed by atoms with E-state index in [-0.39, 0.29) is 12.0 Å².